The second-order valence-corrected chi connectivity index (χ2v) is 9.77. The fourth-order valence-electron chi connectivity index (χ4n) is 2.91. The van der Waals surface area contributed by atoms with E-state index in [1.807, 2.05) is 25.7 Å². The van der Waals surface area contributed by atoms with Gasteiger partial charge in [0.2, 0.25) is 0 Å². The average Bonchev–Trinajstić information content (AvgIpc) is 2.83. The molecule has 3 atom stereocenters. The van der Waals surface area contributed by atoms with E-state index in [9.17, 15) is 4.79 Å². The van der Waals surface area contributed by atoms with Crippen molar-refractivity contribution in [3.8, 4) is 0 Å². The lowest BCUT2D eigenvalue weighted by atomic mass is 9.98. The van der Waals surface area contributed by atoms with Crippen molar-refractivity contribution < 1.29 is 9.53 Å². The van der Waals surface area contributed by atoms with Crippen LogP contribution in [0.15, 0.2) is 15.9 Å². The summed E-state index contributed by atoms with van der Waals surface area (Å²) in [7, 11) is 0. The number of carbonyl (C=O) groups is 1. The minimum atomic E-state index is -0.438. The van der Waals surface area contributed by atoms with Crippen molar-refractivity contribution in [1.29, 1.82) is 0 Å². The molecule has 4 nitrogen and oxygen atoms in total. The minimum Gasteiger partial charge on any atom is -0.444 e. The average molecular weight is 403 g/mol. The first-order valence-corrected chi connectivity index (χ1v) is 9.77. The Hall–Kier alpha value is -0.590. The number of piperidine rings is 1. The van der Waals surface area contributed by atoms with Crippen LogP contribution in [0, 0.1) is 0 Å². The summed E-state index contributed by atoms with van der Waals surface area (Å²) in [5, 5.41) is 3.70. The Balaban J connectivity index is 1.87. The highest BCUT2D eigenvalue weighted by molar-refractivity contribution is 9.11. The molecule has 3 unspecified atom stereocenters. The number of carbonyl (C=O) groups excluding carboxylic acids is 1. The zero-order valence-electron chi connectivity index (χ0n) is 14.6. The van der Waals surface area contributed by atoms with Gasteiger partial charge >= 0.3 is 6.09 Å². The summed E-state index contributed by atoms with van der Waals surface area (Å²) in [5.74, 6) is 0. The molecule has 1 aromatic rings. The number of nitrogens with one attached hydrogen (secondary N) is 1. The molecule has 2 heterocycles. The molecule has 0 aliphatic carbocycles. The summed E-state index contributed by atoms with van der Waals surface area (Å²) in [6, 6.07) is 5.20. The number of ether oxygens (including phenoxy) is 1. The maximum absolute atomic E-state index is 12.3. The Morgan fingerprint density at radius 1 is 1.48 bits per heavy atom. The van der Waals surface area contributed by atoms with Gasteiger partial charge < -0.3 is 15.0 Å². The first kappa shape index (κ1) is 18.7. The predicted octanol–water partition coefficient (Wildman–Crippen LogP) is 4.95. The van der Waals surface area contributed by atoms with Gasteiger partial charge in [0.1, 0.15) is 5.60 Å². The van der Waals surface area contributed by atoms with Gasteiger partial charge in [0.05, 0.1) is 3.79 Å². The molecule has 130 valence electrons. The van der Waals surface area contributed by atoms with E-state index in [1.165, 1.54) is 4.88 Å². The van der Waals surface area contributed by atoms with Gasteiger partial charge in [-0.15, -0.1) is 11.3 Å². The monoisotopic (exact) mass is 402 g/mol. The molecule has 6 heteroatoms. The lowest BCUT2D eigenvalue weighted by Crippen LogP contribution is -2.51. The summed E-state index contributed by atoms with van der Waals surface area (Å²) in [4.78, 5) is 15.4. The van der Waals surface area contributed by atoms with E-state index in [2.05, 4.69) is 47.2 Å². The van der Waals surface area contributed by atoms with Crippen LogP contribution in [-0.4, -0.2) is 35.2 Å². The predicted molar refractivity (Wildman–Crippen MR) is 99.0 cm³/mol. The van der Waals surface area contributed by atoms with E-state index in [0.29, 0.717) is 12.1 Å². The van der Waals surface area contributed by atoms with E-state index in [0.717, 1.165) is 23.2 Å². The van der Waals surface area contributed by atoms with Crippen molar-refractivity contribution in [2.75, 3.05) is 6.54 Å². The highest BCUT2D eigenvalue weighted by Crippen LogP contribution is 2.29. The van der Waals surface area contributed by atoms with Crippen LogP contribution in [0.3, 0.4) is 0 Å². The highest BCUT2D eigenvalue weighted by Gasteiger charge is 2.32. The third kappa shape index (κ3) is 5.47. The molecule has 0 aromatic carbocycles. The number of thiophene rings is 1. The molecule has 1 N–H and O–H groups in total. The molecular formula is C17H27BrN2O2S. The number of hydrogen-bond donors (Lipinski definition) is 1. The minimum absolute atomic E-state index is 0.193. The van der Waals surface area contributed by atoms with Crippen LogP contribution in [0.2, 0.25) is 0 Å². The highest BCUT2D eigenvalue weighted by atomic mass is 79.9. The van der Waals surface area contributed by atoms with Gasteiger partial charge in [-0.1, -0.05) is 0 Å². The zero-order chi connectivity index (χ0) is 17.2. The van der Waals surface area contributed by atoms with Crippen molar-refractivity contribution in [2.24, 2.45) is 0 Å². The number of nitrogens with zero attached hydrogens (tertiary/aromatic N) is 1. The number of hydrogen-bond acceptors (Lipinski definition) is 4. The third-order valence-electron chi connectivity index (χ3n) is 4.01. The van der Waals surface area contributed by atoms with Gasteiger partial charge in [-0.05, 0) is 75.5 Å². The van der Waals surface area contributed by atoms with Crippen molar-refractivity contribution in [3.05, 3.63) is 20.8 Å². The molecule has 1 fully saturated rings. The molecule has 0 radical (unpaired) electrons. The van der Waals surface area contributed by atoms with Crippen molar-refractivity contribution in [3.63, 3.8) is 0 Å². The summed E-state index contributed by atoms with van der Waals surface area (Å²) in [6.45, 7) is 10.8. The maximum Gasteiger partial charge on any atom is 0.410 e. The Morgan fingerprint density at radius 3 is 2.70 bits per heavy atom. The summed E-state index contributed by atoms with van der Waals surface area (Å²) >= 11 is 5.28. The van der Waals surface area contributed by atoms with Crippen molar-refractivity contribution in [2.45, 2.75) is 71.2 Å². The number of amides is 1. The number of rotatable bonds is 3. The molecule has 2 rings (SSSR count). The Labute approximate surface area is 151 Å². The van der Waals surface area contributed by atoms with Crippen LogP contribution < -0.4 is 5.32 Å². The normalized spacial score (nSPS) is 23.7. The molecule has 1 aliphatic rings. The van der Waals surface area contributed by atoms with Gasteiger partial charge in [0.15, 0.2) is 0 Å². The first-order chi connectivity index (χ1) is 10.7. The number of halogens is 1. The maximum atomic E-state index is 12.3. The molecule has 1 aliphatic heterocycles. The lowest BCUT2D eigenvalue weighted by molar-refractivity contribution is 0.00907. The van der Waals surface area contributed by atoms with E-state index in [-0.39, 0.29) is 12.1 Å². The van der Waals surface area contributed by atoms with Crippen LogP contribution in [0.5, 0.6) is 0 Å². The van der Waals surface area contributed by atoms with Gasteiger partial charge in [-0.25, -0.2) is 4.79 Å². The largest absolute Gasteiger partial charge is 0.444 e. The smallest absolute Gasteiger partial charge is 0.410 e. The number of likely N-dealkylation sites (tertiary alicyclic amines) is 1. The summed E-state index contributed by atoms with van der Waals surface area (Å²) in [5.41, 5.74) is -0.438. The summed E-state index contributed by atoms with van der Waals surface area (Å²) in [6.07, 6.45) is 1.72. The quantitative estimate of drug-likeness (QED) is 0.777. The Morgan fingerprint density at radius 2 is 2.17 bits per heavy atom. The van der Waals surface area contributed by atoms with Gasteiger partial charge in [-0.2, -0.15) is 0 Å². The fourth-order valence-corrected chi connectivity index (χ4v) is 4.35. The molecule has 1 amide bonds. The third-order valence-corrected chi connectivity index (χ3v) is 5.82. The SMILES string of the molecule is CC(NC1CCN(C(=O)OC(C)(C)C)C(C)C1)c1ccc(Br)s1. The van der Waals surface area contributed by atoms with Gasteiger partial charge in [0.25, 0.3) is 0 Å². The molecule has 0 bridgehead atoms. The van der Waals surface area contributed by atoms with E-state index < -0.39 is 5.60 Å². The second-order valence-electron chi connectivity index (χ2n) is 7.27. The van der Waals surface area contributed by atoms with E-state index in [4.69, 9.17) is 4.74 Å². The topological polar surface area (TPSA) is 41.6 Å². The standard InChI is InChI=1S/C17H27BrN2O2S/c1-11-10-13(19-12(2)14-6-7-15(18)23-14)8-9-20(11)16(21)22-17(3,4)5/h6-7,11-13,19H,8-10H2,1-5H3. The van der Waals surface area contributed by atoms with E-state index >= 15 is 0 Å². The van der Waals surface area contributed by atoms with E-state index in [1.54, 1.807) is 11.3 Å². The van der Waals surface area contributed by atoms with Crippen LogP contribution in [0.4, 0.5) is 4.79 Å². The van der Waals surface area contributed by atoms with Gasteiger partial charge in [0, 0.05) is 29.5 Å². The van der Waals surface area contributed by atoms with Crippen LogP contribution in [-0.2, 0) is 4.74 Å². The lowest BCUT2D eigenvalue weighted by Gasteiger charge is -2.39. The molecule has 0 spiro atoms. The molecule has 0 saturated carbocycles. The Kier molecular flexibility index (Phi) is 6.14. The van der Waals surface area contributed by atoms with Crippen LogP contribution in [0.1, 0.15) is 58.4 Å². The fraction of sp³-hybridized carbons (Fsp3) is 0.706. The van der Waals surface area contributed by atoms with Crippen LogP contribution >= 0.6 is 27.3 Å². The molecule has 23 heavy (non-hydrogen) atoms. The zero-order valence-corrected chi connectivity index (χ0v) is 17.0. The van der Waals surface area contributed by atoms with Crippen molar-refractivity contribution >= 4 is 33.4 Å². The van der Waals surface area contributed by atoms with Crippen molar-refractivity contribution in [1.82, 2.24) is 10.2 Å². The first-order valence-electron chi connectivity index (χ1n) is 8.16. The van der Waals surface area contributed by atoms with Gasteiger partial charge in [-0.3, -0.25) is 0 Å². The molecule has 1 saturated heterocycles. The molecule has 1 aromatic heterocycles. The Bertz CT molecular complexity index is 541. The van der Waals surface area contributed by atoms with Crippen LogP contribution in [0.25, 0.3) is 0 Å². The summed E-state index contributed by atoms with van der Waals surface area (Å²) < 4.78 is 6.66. The molecular weight excluding hydrogens is 376 g/mol. The second kappa shape index (κ2) is 7.53.